The maximum absolute atomic E-state index is 13.2. The topological polar surface area (TPSA) is 76.1 Å². The number of halogens is 3. The van der Waals surface area contributed by atoms with Crippen molar-refractivity contribution in [1.29, 1.82) is 0 Å². The van der Waals surface area contributed by atoms with Gasteiger partial charge < -0.3 is 19.5 Å². The summed E-state index contributed by atoms with van der Waals surface area (Å²) in [4.78, 5) is 24.6. The van der Waals surface area contributed by atoms with E-state index in [1.807, 2.05) is 0 Å². The van der Waals surface area contributed by atoms with Crippen LogP contribution in [0, 0.1) is 5.41 Å². The van der Waals surface area contributed by atoms with E-state index in [1.165, 1.54) is 0 Å². The molecule has 1 N–H and O–H groups in total. The van der Waals surface area contributed by atoms with Gasteiger partial charge in [0.2, 0.25) is 0 Å². The molecule has 2 aliphatic rings. The Morgan fingerprint density at radius 3 is 1.81 bits per heavy atom. The van der Waals surface area contributed by atoms with Gasteiger partial charge in [-0.1, -0.05) is 0 Å². The van der Waals surface area contributed by atoms with Crippen LogP contribution in [0.25, 0.3) is 0 Å². The highest BCUT2D eigenvalue weighted by atomic mass is 19.4. The molecule has 1 aliphatic carbocycles. The van der Waals surface area contributed by atoms with Crippen LogP contribution >= 0.6 is 0 Å². The van der Waals surface area contributed by atoms with Gasteiger partial charge in [-0.05, 0) is 54.4 Å². The molecule has 6 nitrogen and oxygen atoms in total. The standard InChI is InChI=1S/C18H28F3NO5/c1-15(2,3)26-10-9-22(13(23)18(19,20)21)12(11(10)27-16(4,5)6)17(7-8-17)14(24)25/h10-12H,7-9H2,1-6H3,(H,24,25)/t10-,11+,12+/m0/s1. The van der Waals surface area contributed by atoms with Crippen molar-refractivity contribution in [3.63, 3.8) is 0 Å². The highest BCUT2D eigenvalue weighted by molar-refractivity contribution is 5.85. The predicted octanol–water partition coefficient (Wildman–Crippen LogP) is 2.99. The maximum Gasteiger partial charge on any atom is 0.471 e. The number of carboxylic acid groups (broad SMARTS) is 1. The smallest absolute Gasteiger partial charge is 0.471 e. The molecule has 27 heavy (non-hydrogen) atoms. The van der Waals surface area contributed by atoms with Gasteiger partial charge in [0, 0.05) is 0 Å². The number of rotatable bonds is 4. The fourth-order valence-corrected chi connectivity index (χ4v) is 3.65. The van der Waals surface area contributed by atoms with Crippen LogP contribution in [0.15, 0.2) is 0 Å². The third kappa shape index (κ3) is 4.74. The zero-order valence-corrected chi connectivity index (χ0v) is 16.5. The van der Waals surface area contributed by atoms with E-state index in [2.05, 4.69) is 0 Å². The van der Waals surface area contributed by atoms with Gasteiger partial charge in [-0.2, -0.15) is 13.2 Å². The minimum Gasteiger partial charge on any atom is -0.481 e. The van der Waals surface area contributed by atoms with Crippen molar-refractivity contribution >= 4 is 11.9 Å². The minimum atomic E-state index is -5.10. The van der Waals surface area contributed by atoms with Crippen LogP contribution in [0.4, 0.5) is 13.2 Å². The number of carbonyl (C=O) groups is 2. The average Bonchev–Trinajstić information content (AvgIpc) is 3.15. The van der Waals surface area contributed by atoms with E-state index >= 15 is 0 Å². The Morgan fingerprint density at radius 2 is 1.48 bits per heavy atom. The Balaban J connectivity index is 2.50. The first kappa shape index (κ1) is 21.9. The highest BCUT2D eigenvalue weighted by Gasteiger charge is 2.67. The van der Waals surface area contributed by atoms with Crippen molar-refractivity contribution in [2.24, 2.45) is 5.41 Å². The third-order valence-corrected chi connectivity index (χ3v) is 4.67. The summed E-state index contributed by atoms with van der Waals surface area (Å²) in [6, 6.07) is -1.24. The number of hydrogen-bond donors (Lipinski definition) is 1. The summed E-state index contributed by atoms with van der Waals surface area (Å²) in [5, 5.41) is 9.69. The first-order valence-electron chi connectivity index (χ1n) is 8.95. The second-order valence-electron chi connectivity index (χ2n) is 9.32. The van der Waals surface area contributed by atoms with Crippen LogP contribution in [-0.4, -0.2) is 64.1 Å². The summed E-state index contributed by atoms with van der Waals surface area (Å²) in [7, 11) is 0. The number of alkyl halides is 3. The van der Waals surface area contributed by atoms with E-state index in [4.69, 9.17) is 9.47 Å². The van der Waals surface area contributed by atoms with Gasteiger partial charge in [-0.15, -0.1) is 0 Å². The molecule has 0 aromatic carbocycles. The largest absolute Gasteiger partial charge is 0.481 e. The Labute approximate surface area is 157 Å². The van der Waals surface area contributed by atoms with Gasteiger partial charge in [0.15, 0.2) is 0 Å². The molecular formula is C18H28F3NO5. The van der Waals surface area contributed by atoms with E-state index < -0.39 is 52.9 Å². The van der Waals surface area contributed by atoms with Crippen molar-refractivity contribution in [3.8, 4) is 0 Å². The van der Waals surface area contributed by atoms with Crippen molar-refractivity contribution in [3.05, 3.63) is 0 Å². The lowest BCUT2D eigenvalue weighted by Gasteiger charge is -2.37. The molecule has 2 fully saturated rings. The molecule has 1 saturated heterocycles. The van der Waals surface area contributed by atoms with Crippen molar-refractivity contribution in [2.75, 3.05) is 6.54 Å². The lowest BCUT2D eigenvalue weighted by molar-refractivity contribution is -0.191. The van der Waals surface area contributed by atoms with Crippen LogP contribution in [0.3, 0.4) is 0 Å². The molecule has 0 bridgehead atoms. The van der Waals surface area contributed by atoms with Crippen LogP contribution < -0.4 is 0 Å². The second-order valence-corrected chi connectivity index (χ2v) is 9.32. The summed E-state index contributed by atoms with van der Waals surface area (Å²) in [5.74, 6) is -3.27. The van der Waals surface area contributed by atoms with E-state index in [0.29, 0.717) is 4.90 Å². The summed E-state index contributed by atoms with van der Waals surface area (Å²) in [5.41, 5.74) is -2.90. The number of carboxylic acids is 1. The fraction of sp³-hybridized carbons (Fsp3) is 0.889. The summed E-state index contributed by atoms with van der Waals surface area (Å²) in [6.07, 6.45) is -6.55. The molecular weight excluding hydrogens is 367 g/mol. The van der Waals surface area contributed by atoms with Gasteiger partial charge in [-0.25, -0.2) is 0 Å². The Bertz CT molecular complexity index is 602. The molecule has 0 aromatic rings. The van der Waals surface area contributed by atoms with Gasteiger partial charge in [-0.3, -0.25) is 9.59 Å². The molecule has 1 aliphatic heterocycles. The number of hydrogen-bond acceptors (Lipinski definition) is 4. The third-order valence-electron chi connectivity index (χ3n) is 4.67. The van der Waals surface area contributed by atoms with Crippen molar-refractivity contribution < 1.29 is 37.3 Å². The number of nitrogens with zero attached hydrogens (tertiary/aromatic N) is 1. The van der Waals surface area contributed by atoms with E-state index in [9.17, 15) is 27.9 Å². The molecule has 2 rings (SSSR count). The summed E-state index contributed by atoms with van der Waals surface area (Å²) in [6.45, 7) is 10.1. The summed E-state index contributed by atoms with van der Waals surface area (Å²) < 4.78 is 51.5. The molecule has 3 atom stereocenters. The Hall–Kier alpha value is -1.35. The SMILES string of the molecule is CC(C)(C)O[C@@H]1[C@@H](OC(C)(C)C)CN(C(=O)C(F)(F)F)[C@H]1C1(C(=O)O)CC1. The molecule has 156 valence electrons. The zero-order chi connectivity index (χ0) is 21.0. The molecule has 1 amide bonds. The molecule has 0 aromatic heterocycles. The summed E-state index contributed by atoms with van der Waals surface area (Å²) >= 11 is 0. The lowest BCUT2D eigenvalue weighted by Crippen LogP contribution is -2.54. The van der Waals surface area contributed by atoms with Gasteiger partial charge in [0.1, 0.15) is 12.2 Å². The quantitative estimate of drug-likeness (QED) is 0.792. The Morgan fingerprint density at radius 1 is 1.00 bits per heavy atom. The number of amides is 1. The monoisotopic (exact) mass is 395 g/mol. The first-order chi connectivity index (χ1) is 12.0. The number of carbonyl (C=O) groups excluding carboxylic acids is 1. The Kier molecular flexibility index (Phi) is 5.38. The first-order valence-corrected chi connectivity index (χ1v) is 8.95. The van der Waals surface area contributed by atoms with Crippen LogP contribution in [0.1, 0.15) is 54.4 Å². The molecule has 0 unspecified atom stereocenters. The number of ether oxygens (including phenoxy) is 2. The van der Waals surface area contributed by atoms with Crippen LogP contribution in [0.2, 0.25) is 0 Å². The number of aliphatic carboxylic acids is 1. The minimum absolute atomic E-state index is 0.195. The van der Waals surface area contributed by atoms with Crippen molar-refractivity contribution in [1.82, 2.24) is 4.90 Å². The van der Waals surface area contributed by atoms with Crippen LogP contribution in [-0.2, 0) is 19.1 Å². The molecule has 1 saturated carbocycles. The molecule has 1 heterocycles. The van der Waals surface area contributed by atoms with E-state index in [1.54, 1.807) is 41.5 Å². The maximum atomic E-state index is 13.2. The second kappa shape index (κ2) is 6.62. The van der Waals surface area contributed by atoms with E-state index in [-0.39, 0.29) is 19.4 Å². The van der Waals surface area contributed by atoms with Crippen molar-refractivity contribution in [2.45, 2.75) is 90.0 Å². The van der Waals surface area contributed by atoms with E-state index in [0.717, 1.165) is 0 Å². The normalized spacial score (nSPS) is 28.3. The zero-order valence-electron chi connectivity index (χ0n) is 16.5. The van der Waals surface area contributed by atoms with Crippen LogP contribution in [0.5, 0.6) is 0 Å². The number of likely N-dealkylation sites (tertiary alicyclic amines) is 1. The van der Waals surface area contributed by atoms with Gasteiger partial charge >= 0.3 is 18.1 Å². The molecule has 0 radical (unpaired) electrons. The fourth-order valence-electron chi connectivity index (χ4n) is 3.65. The molecule has 0 spiro atoms. The molecule has 9 heteroatoms. The lowest BCUT2D eigenvalue weighted by atomic mass is 9.90. The average molecular weight is 395 g/mol. The van der Waals surface area contributed by atoms with Gasteiger partial charge in [0.05, 0.1) is 29.2 Å². The predicted molar refractivity (Wildman–Crippen MR) is 90.1 cm³/mol. The highest BCUT2D eigenvalue weighted by Crippen LogP contribution is 2.55. The van der Waals surface area contributed by atoms with Gasteiger partial charge in [0.25, 0.3) is 0 Å².